The summed E-state index contributed by atoms with van der Waals surface area (Å²) in [7, 11) is -1.95. The molecule has 1 aliphatic heterocycles. The van der Waals surface area contributed by atoms with Gasteiger partial charge in [-0.3, -0.25) is 0 Å². The number of morpholine rings is 1. The molecule has 2 rings (SSSR count). The summed E-state index contributed by atoms with van der Waals surface area (Å²) in [6.07, 6.45) is -0.234. The Morgan fingerprint density at radius 1 is 1.40 bits per heavy atom. The highest BCUT2D eigenvalue weighted by atomic mass is 35.5. The topological polar surface area (TPSA) is 81.9 Å². The van der Waals surface area contributed by atoms with Gasteiger partial charge in [-0.15, -0.1) is 12.4 Å². The first kappa shape index (κ1) is 17.2. The van der Waals surface area contributed by atoms with Crippen molar-refractivity contribution in [3.63, 3.8) is 0 Å². The van der Waals surface area contributed by atoms with Gasteiger partial charge in [0.1, 0.15) is 5.75 Å². The van der Waals surface area contributed by atoms with E-state index in [-0.39, 0.29) is 23.4 Å². The van der Waals surface area contributed by atoms with E-state index in [4.69, 9.17) is 15.2 Å². The first-order valence-corrected chi connectivity index (χ1v) is 7.48. The Balaban J connectivity index is 0.00000200. The zero-order valence-corrected chi connectivity index (χ0v) is 12.8. The van der Waals surface area contributed by atoms with E-state index in [1.165, 1.54) is 11.4 Å². The lowest BCUT2D eigenvalue weighted by atomic mass is 10.3. The number of methoxy groups -OCH3 is 1. The van der Waals surface area contributed by atoms with Crippen LogP contribution in [0.2, 0.25) is 0 Å². The highest BCUT2D eigenvalue weighted by Crippen LogP contribution is 2.21. The minimum atomic E-state index is -3.49. The van der Waals surface area contributed by atoms with Crippen LogP contribution < -0.4 is 10.5 Å². The Morgan fingerprint density at radius 2 is 2.05 bits per heavy atom. The number of ether oxygens (including phenoxy) is 2. The van der Waals surface area contributed by atoms with Gasteiger partial charge in [-0.05, 0) is 24.3 Å². The van der Waals surface area contributed by atoms with Crippen LogP contribution in [-0.4, -0.2) is 52.2 Å². The van der Waals surface area contributed by atoms with Crippen molar-refractivity contribution >= 4 is 22.4 Å². The van der Waals surface area contributed by atoms with Crippen molar-refractivity contribution in [2.24, 2.45) is 5.73 Å². The van der Waals surface area contributed by atoms with E-state index in [0.29, 0.717) is 32.0 Å². The smallest absolute Gasteiger partial charge is 0.243 e. The molecule has 1 aromatic carbocycles. The summed E-state index contributed by atoms with van der Waals surface area (Å²) in [5.74, 6) is 0.626. The third kappa shape index (κ3) is 3.62. The van der Waals surface area contributed by atoms with Gasteiger partial charge in [-0.25, -0.2) is 8.42 Å². The van der Waals surface area contributed by atoms with E-state index in [9.17, 15) is 8.42 Å². The lowest BCUT2D eigenvalue weighted by molar-refractivity contribution is 0.00450. The average Bonchev–Trinajstić information content (AvgIpc) is 2.47. The Bertz CT molecular complexity index is 521. The molecule has 8 heteroatoms. The number of hydrogen-bond donors (Lipinski definition) is 1. The quantitative estimate of drug-likeness (QED) is 0.871. The second-order valence-corrected chi connectivity index (χ2v) is 6.21. The van der Waals surface area contributed by atoms with Gasteiger partial charge < -0.3 is 15.2 Å². The standard InChI is InChI=1S/C12H18N2O4S.ClH/c1-17-10-2-4-12(5-3-10)19(15,16)14-6-7-18-11(8-13)9-14;/h2-5,11H,6-9,13H2,1H3;1H. The number of nitrogens with two attached hydrogens (primary N) is 1. The van der Waals surface area contributed by atoms with E-state index < -0.39 is 10.0 Å². The zero-order chi connectivity index (χ0) is 13.9. The van der Waals surface area contributed by atoms with Crippen LogP contribution in [0.15, 0.2) is 29.2 Å². The maximum absolute atomic E-state index is 12.4. The van der Waals surface area contributed by atoms with E-state index in [2.05, 4.69) is 0 Å². The largest absolute Gasteiger partial charge is 0.497 e. The lowest BCUT2D eigenvalue weighted by Gasteiger charge is -2.31. The van der Waals surface area contributed by atoms with Crippen LogP contribution in [0.4, 0.5) is 0 Å². The summed E-state index contributed by atoms with van der Waals surface area (Å²) in [5.41, 5.74) is 5.52. The zero-order valence-electron chi connectivity index (χ0n) is 11.2. The lowest BCUT2D eigenvalue weighted by Crippen LogP contribution is -2.48. The second-order valence-electron chi connectivity index (χ2n) is 4.27. The van der Waals surface area contributed by atoms with E-state index >= 15 is 0 Å². The Hall–Kier alpha value is -0.860. The van der Waals surface area contributed by atoms with Gasteiger partial charge >= 0.3 is 0 Å². The molecule has 0 radical (unpaired) electrons. The van der Waals surface area contributed by atoms with Crippen LogP contribution >= 0.6 is 12.4 Å². The predicted molar refractivity (Wildman–Crippen MR) is 77.8 cm³/mol. The fourth-order valence-electron chi connectivity index (χ4n) is 1.95. The van der Waals surface area contributed by atoms with Gasteiger partial charge in [0.05, 0.1) is 24.7 Å². The summed E-state index contributed by atoms with van der Waals surface area (Å²) in [6, 6.07) is 6.35. The SMILES string of the molecule is COc1ccc(S(=O)(=O)N2CCOC(CN)C2)cc1.Cl. The van der Waals surface area contributed by atoms with E-state index in [1.807, 2.05) is 0 Å². The van der Waals surface area contributed by atoms with Crippen molar-refractivity contribution in [1.29, 1.82) is 0 Å². The van der Waals surface area contributed by atoms with Gasteiger partial charge in [0.15, 0.2) is 0 Å². The minimum absolute atomic E-state index is 0. The van der Waals surface area contributed by atoms with Crippen LogP contribution in [-0.2, 0) is 14.8 Å². The molecule has 2 N–H and O–H groups in total. The first-order chi connectivity index (χ1) is 9.07. The normalized spacial score (nSPS) is 20.2. The van der Waals surface area contributed by atoms with Crippen LogP contribution in [0.25, 0.3) is 0 Å². The van der Waals surface area contributed by atoms with Crippen LogP contribution in [0.3, 0.4) is 0 Å². The van der Waals surface area contributed by atoms with Crippen LogP contribution in [0, 0.1) is 0 Å². The summed E-state index contributed by atoms with van der Waals surface area (Å²) in [4.78, 5) is 0.256. The molecule has 20 heavy (non-hydrogen) atoms. The van der Waals surface area contributed by atoms with Crippen molar-refractivity contribution in [2.45, 2.75) is 11.0 Å². The van der Waals surface area contributed by atoms with Crippen molar-refractivity contribution in [2.75, 3.05) is 33.4 Å². The number of sulfonamides is 1. The first-order valence-electron chi connectivity index (χ1n) is 6.04. The number of halogens is 1. The Kier molecular flexibility index (Phi) is 6.22. The molecule has 1 unspecified atom stereocenters. The molecule has 1 fully saturated rings. The molecule has 1 saturated heterocycles. The molecule has 114 valence electrons. The molecule has 0 amide bonds. The molecule has 1 atom stereocenters. The molecular formula is C12H19ClN2O4S. The molecule has 1 aliphatic rings. The Labute approximate surface area is 125 Å². The summed E-state index contributed by atoms with van der Waals surface area (Å²) < 4.78 is 36.7. The molecule has 0 bridgehead atoms. The van der Waals surface area contributed by atoms with Gasteiger partial charge in [0.2, 0.25) is 10.0 Å². The maximum Gasteiger partial charge on any atom is 0.243 e. The van der Waals surface area contributed by atoms with E-state index in [1.54, 1.807) is 24.3 Å². The average molecular weight is 323 g/mol. The van der Waals surface area contributed by atoms with Gasteiger partial charge in [-0.1, -0.05) is 0 Å². The fourth-order valence-corrected chi connectivity index (χ4v) is 3.41. The van der Waals surface area contributed by atoms with Crippen molar-refractivity contribution < 1.29 is 17.9 Å². The minimum Gasteiger partial charge on any atom is -0.497 e. The molecule has 0 saturated carbocycles. The van der Waals surface area contributed by atoms with E-state index in [0.717, 1.165) is 0 Å². The molecular weight excluding hydrogens is 304 g/mol. The number of benzene rings is 1. The van der Waals surface area contributed by atoms with Gasteiger partial charge in [0, 0.05) is 19.6 Å². The number of rotatable bonds is 4. The molecule has 1 heterocycles. The van der Waals surface area contributed by atoms with Gasteiger partial charge in [-0.2, -0.15) is 4.31 Å². The maximum atomic E-state index is 12.4. The van der Waals surface area contributed by atoms with Crippen molar-refractivity contribution in [1.82, 2.24) is 4.31 Å². The van der Waals surface area contributed by atoms with Crippen LogP contribution in [0.1, 0.15) is 0 Å². The molecule has 0 spiro atoms. The molecule has 1 aromatic rings. The molecule has 6 nitrogen and oxygen atoms in total. The number of nitrogens with zero attached hydrogens (tertiary/aromatic N) is 1. The van der Waals surface area contributed by atoms with Crippen molar-refractivity contribution in [3.8, 4) is 5.75 Å². The summed E-state index contributed by atoms with van der Waals surface area (Å²) in [5, 5.41) is 0. The monoisotopic (exact) mass is 322 g/mol. The molecule has 0 aromatic heterocycles. The Morgan fingerprint density at radius 3 is 2.60 bits per heavy atom. The number of hydrogen-bond acceptors (Lipinski definition) is 5. The summed E-state index contributed by atoms with van der Waals surface area (Å²) in [6.45, 7) is 1.33. The third-order valence-corrected chi connectivity index (χ3v) is 4.94. The second kappa shape index (κ2) is 7.24. The third-order valence-electron chi connectivity index (χ3n) is 3.06. The fraction of sp³-hybridized carbons (Fsp3) is 0.500. The predicted octanol–water partition coefficient (Wildman–Crippen LogP) is 0.465. The highest BCUT2D eigenvalue weighted by Gasteiger charge is 2.30. The molecule has 0 aliphatic carbocycles. The van der Waals surface area contributed by atoms with Gasteiger partial charge in [0.25, 0.3) is 0 Å². The highest BCUT2D eigenvalue weighted by molar-refractivity contribution is 7.89. The van der Waals surface area contributed by atoms with Crippen LogP contribution in [0.5, 0.6) is 5.75 Å². The van der Waals surface area contributed by atoms with Crippen molar-refractivity contribution in [3.05, 3.63) is 24.3 Å². The summed E-state index contributed by atoms with van der Waals surface area (Å²) >= 11 is 0.